The van der Waals surface area contributed by atoms with Crippen molar-refractivity contribution in [2.75, 3.05) is 0 Å². The van der Waals surface area contributed by atoms with E-state index in [0.717, 1.165) is 0 Å². The minimum absolute atomic E-state index is 0.0880. The molecule has 0 unspecified atom stereocenters. The van der Waals surface area contributed by atoms with Crippen molar-refractivity contribution in [1.82, 2.24) is 0 Å². The first-order valence-electron chi connectivity index (χ1n) is 3.46. The Kier molecular flexibility index (Phi) is 2.33. The molecule has 0 atom stereocenters. The lowest BCUT2D eigenvalue weighted by Crippen LogP contribution is -2.09. The molecule has 0 saturated heterocycles. The van der Waals surface area contributed by atoms with E-state index in [-0.39, 0.29) is 17.3 Å². The molecule has 0 radical (unpaired) electrons. The quantitative estimate of drug-likeness (QED) is 0.667. The van der Waals surface area contributed by atoms with Crippen LogP contribution in [-0.4, -0.2) is 11.5 Å². The third kappa shape index (κ3) is 1.75. The van der Waals surface area contributed by atoms with E-state index in [1.807, 2.05) is 0 Å². The van der Waals surface area contributed by atoms with E-state index in [4.69, 9.17) is 5.41 Å². The van der Waals surface area contributed by atoms with E-state index in [0.29, 0.717) is 5.56 Å². The number of carbonyl (C=O) groups excluding carboxylic acids is 1. The summed E-state index contributed by atoms with van der Waals surface area (Å²) in [6, 6.07) is 5.29. The average Bonchev–Trinajstić information content (AvgIpc) is 2.04. The molecule has 0 heterocycles. The summed E-state index contributed by atoms with van der Waals surface area (Å²) in [6.07, 6.45) is 0. The van der Waals surface area contributed by atoms with Crippen molar-refractivity contribution < 1.29 is 9.18 Å². The summed E-state index contributed by atoms with van der Waals surface area (Å²) in [4.78, 5) is 10.7. The Morgan fingerprint density at radius 1 is 1.33 bits per heavy atom. The first kappa shape index (κ1) is 8.59. The highest BCUT2D eigenvalue weighted by molar-refractivity contribution is 6.44. The van der Waals surface area contributed by atoms with Gasteiger partial charge in [0.2, 0.25) is 0 Å². The number of nitrogens with one attached hydrogen (secondary N) is 1. The van der Waals surface area contributed by atoms with Gasteiger partial charge in [-0.25, -0.2) is 4.39 Å². The van der Waals surface area contributed by atoms with Gasteiger partial charge in [0, 0.05) is 12.5 Å². The van der Waals surface area contributed by atoms with Gasteiger partial charge in [-0.2, -0.15) is 0 Å². The molecule has 0 amide bonds. The lowest BCUT2D eigenvalue weighted by Gasteiger charge is -1.97. The molecule has 0 fully saturated rings. The van der Waals surface area contributed by atoms with Crippen LogP contribution in [-0.2, 0) is 4.79 Å². The molecule has 1 N–H and O–H groups in total. The molecule has 62 valence electrons. The summed E-state index contributed by atoms with van der Waals surface area (Å²) in [5.74, 6) is -0.684. The number of Topliss-reactive ketones (excluding diaryl/α,β-unsaturated/α-hetero) is 1. The molecule has 0 aliphatic carbocycles. The Bertz CT molecular complexity index is 316. The second-order valence-electron chi connectivity index (χ2n) is 2.44. The number of rotatable bonds is 2. The van der Waals surface area contributed by atoms with Gasteiger partial charge in [-0.3, -0.25) is 10.2 Å². The predicted molar refractivity (Wildman–Crippen MR) is 43.9 cm³/mol. The summed E-state index contributed by atoms with van der Waals surface area (Å²) >= 11 is 0. The Morgan fingerprint density at radius 2 is 1.83 bits per heavy atom. The zero-order chi connectivity index (χ0) is 9.14. The van der Waals surface area contributed by atoms with Crippen molar-refractivity contribution in [2.45, 2.75) is 6.92 Å². The third-order valence-corrected chi connectivity index (χ3v) is 1.48. The second kappa shape index (κ2) is 3.26. The van der Waals surface area contributed by atoms with Gasteiger partial charge in [0.1, 0.15) is 11.5 Å². The fraction of sp³-hybridized carbons (Fsp3) is 0.111. The van der Waals surface area contributed by atoms with Gasteiger partial charge >= 0.3 is 0 Å². The van der Waals surface area contributed by atoms with Crippen LogP contribution in [0.3, 0.4) is 0 Å². The fourth-order valence-corrected chi connectivity index (χ4v) is 0.820. The predicted octanol–water partition coefficient (Wildman–Crippen LogP) is 1.78. The summed E-state index contributed by atoms with van der Waals surface area (Å²) in [5, 5.41) is 7.28. The normalized spacial score (nSPS) is 9.50. The zero-order valence-electron chi connectivity index (χ0n) is 6.60. The number of hydrogen-bond donors (Lipinski definition) is 1. The lowest BCUT2D eigenvalue weighted by molar-refractivity contribution is -0.111. The number of ketones is 1. The van der Waals surface area contributed by atoms with Crippen LogP contribution in [0.2, 0.25) is 0 Å². The number of benzene rings is 1. The standard InChI is InChI=1S/C9H8FNO/c1-6(12)9(11)7-2-4-8(10)5-3-7/h2-5,11H,1H3. The van der Waals surface area contributed by atoms with Crippen LogP contribution >= 0.6 is 0 Å². The number of halogens is 1. The maximum atomic E-state index is 12.4. The highest BCUT2D eigenvalue weighted by atomic mass is 19.1. The highest BCUT2D eigenvalue weighted by Gasteiger charge is 2.05. The molecule has 0 spiro atoms. The van der Waals surface area contributed by atoms with E-state index in [2.05, 4.69) is 0 Å². The third-order valence-electron chi connectivity index (χ3n) is 1.48. The molecule has 2 nitrogen and oxygen atoms in total. The van der Waals surface area contributed by atoms with Gasteiger partial charge in [-0.1, -0.05) is 0 Å². The Hall–Kier alpha value is -1.51. The van der Waals surface area contributed by atoms with Crippen LogP contribution in [0.5, 0.6) is 0 Å². The van der Waals surface area contributed by atoms with Gasteiger partial charge in [-0.05, 0) is 24.3 Å². The van der Waals surface area contributed by atoms with E-state index in [1.165, 1.54) is 31.2 Å². The number of carbonyl (C=O) groups is 1. The molecule has 0 saturated carbocycles. The molecule has 1 aromatic rings. The summed E-state index contributed by atoms with van der Waals surface area (Å²) in [5.41, 5.74) is 0.360. The molecular weight excluding hydrogens is 157 g/mol. The van der Waals surface area contributed by atoms with Crippen molar-refractivity contribution in [1.29, 1.82) is 5.41 Å². The van der Waals surface area contributed by atoms with Crippen molar-refractivity contribution in [3.63, 3.8) is 0 Å². The van der Waals surface area contributed by atoms with Gasteiger partial charge < -0.3 is 0 Å². The number of hydrogen-bond acceptors (Lipinski definition) is 2. The van der Waals surface area contributed by atoms with Crippen molar-refractivity contribution in [3.8, 4) is 0 Å². The van der Waals surface area contributed by atoms with Gasteiger partial charge in [0.25, 0.3) is 0 Å². The van der Waals surface area contributed by atoms with E-state index in [9.17, 15) is 9.18 Å². The molecule has 0 aromatic heterocycles. The Labute approximate surface area is 69.5 Å². The van der Waals surface area contributed by atoms with E-state index >= 15 is 0 Å². The van der Waals surface area contributed by atoms with Crippen molar-refractivity contribution >= 4 is 11.5 Å². The maximum Gasteiger partial charge on any atom is 0.177 e. The Morgan fingerprint density at radius 3 is 2.25 bits per heavy atom. The van der Waals surface area contributed by atoms with Crippen LogP contribution in [0.4, 0.5) is 4.39 Å². The minimum atomic E-state index is -0.366. The second-order valence-corrected chi connectivity index (χ2v) is 2.44. The molecule has 12 heavy (non-hydrogen) atoms. The van der Waals surface area contributed by atoms with Crippen molar-refractivity contribution in [3.05, 3.63) is 35.6 Å². The summed E-state index contributed by atoms with van der Waals surface area (Å²) in [7, 11) is 0. The van der Waals surface area contributed by atoms with Crippen LogP contribution in [0.15, 0.2) is 24.3 Å². The molecule has 3 heteroatoms. The van der Waals surface area contributed by atoms with Crippen molar-refractivity contribution in [2.24, 2.45) is 0 Å². The van der Waals surface area contributed by atoms with Gasteiger partial charge in [-0.15, -0.1) is 0 Å². The summed E-state index contributed by atoms with van der Waals surface area (Å²) in [6.45, 7) is 1.31. The topological polar surface area (TPSA) is 40.9 Å². The molecule has 0 bridgehead atoms. The van der Waals surface area contributed by atoms with Gasteiger partial charge in [0.15, 0.2) is 5.78 Å². The Balaban J connectivity index is 2.98. The largest absolute Gasteiger partial charge is 0.297 e. The maximum absolute atomic E-state index is 12.4. The van der Waals surface area contributed by atoms with Crippen LogP contribution < -0.4 is 0 Å². The molecule has 1 rings (SSSR count). The van der Waals surface area contributed by atoms with E-state index in [1.54, 1.807) is 0 Å². The van der Waals surface area contributed by atoms with Crippen LogP contribution in [0, 0.1) is 11.2 Å². The SMILES string of the molecule is CC(=O)C(=N)c1ccc(F)cc1. The molecule has 0 aliphatic rings. The zero-order valence-corrected chi connectivity index (χ0v) is 6.60. The first-order valence-corrected chi connectivity index (χ1v) is 3.46. The summed E-state index contributed by atoms with van der Waals surface area (Å²) < 4.78 is 12.4. The fourth-order valence-electron chi connectivity index (χ4n) is 0.820. The molecule has 1 aromatic carbocycles. The van der Waals surface area contributed by atoms with Crippen LogP contribution in [0.1, 0.15) is 12.5 Å². The first-order chi connectivity index (χ1) is 5.61. The highest BCUT2D eigenvalue weighted by Crippen LogP contribution is 2.03. The molecule has 0 aliphatic heterocycles. The lowest BCUT2D eigenvalue weighted by atomic mass is 10.1. The minimum Gasteiger partial charge on any atom is -0.297 e. The average molecular weight is 165 g/mol. The van der Waals surface area contributed by atoms with E-state index < -0.39 is 0 Å². The van der Waals surface area contributed by atoms with Crippen LogP contribution in [0.25, 0.3) is 0 Å². The monoisotopic (exact) mass is 165 g/mol. The smallest absolute Gasteiger partial charge is 0.177 e. The van der Waals surface area contributed by atoms with Gasteiger partial charge in [0.05, 0.1) is 0 Å². The molecular formula is C9H8FNO.